The molecule has 5 heterocycles. The molecule has 222 valence electrons. The van der Waals surface area contributed by atoms with Crippen molar-refractivity contribution < 1.29 is 9.26 Å². The number of ether oxygens (including phenoxy) is 1. The van der Waals surface area contributed by atoms with Gasteiger partial charge in [-0.3, -0.25) is 9.58 Å². The molecule has 2 N–H and O–H groups in total. The minimum Gasteiger partial charge on any atom is -0.473 e. The van der Waals surface area contributed by atoms with Crippen molar-refractivity contribution in [3.63, 3.8) is 0 Å². The van der Waals surface area contributed by atoms with E-state index in [2.05, 4.69) is 30.1 Å². The number of fused-ring (bicyclic) bond motifs is 4. The second kappa shape index (κ2) is 10.2. The van der Waals surface area contributed by atoms with E-state index in [4.69, 9.17) is 30.1 Å². The van der Waals surface area contributed by atoms with E-state index in [0.717, 1.165) is 86.9 Å². The number of anilines is 1. The van der Waals surface area contributed by atoms with Gasteiger partial charge in [0.2, 0.25) is 5.88 Å². The Labute approximate surface area is 254 Å². The molecule has 0 aromatic carbocycles. The molecule has 43 heavy (non-hydrogen) atoms. The van der Waals surface area contributed by atoms with Gasteiger partial charge in [0.25, 0.3) is 0 Å². The number of thiophene rings is 1. The normalized spacial score (nSPS) is 24.1. The summed E-state index contributed by atoms with van der Waals surface area (Å²) in [5.74, 6) is 1.86. The van der Waals surface area contributed by atoms with E-state index >= 15 is 0 Å². The van der Waals surface area contributed by atoms with Crippen molar-refractivity contribution >= 4 is 16.3 Å². The number of likely N-dealkylation sites (tertiary alicyclic amines) is 1. The third-order valence-corrected chi connectivity index (χ3v) is 11.1. The molecular weight excluding hydrogens is 560 g/mol. The second-order valence-corrected chi connectivity index (χ2v) is 13.9. The van der Waals surface area contributed by atoms with Gasteiger partial charge in [-0.15, -0.1) is 11.3 Å². The van der Waals surface area contributed by atoms with Crippen molar-refractivity contribution in [1.82, 2.24) is 29.8 Å². The lowest BCUT2D eigenvalue weighted by atomic mass is 9.63. The summed E-state index contributed by atoms with van der Waals surface area (Å²) in [6, 6.07) is 7.14. The van der Waals surface area contributed by atoms with Crippen LogP contribution in [0.15, 0.2) is 22.9 Å². The van der Waals surface area contributed by atoms with Gasteiger partial charge in [-0.1, -0.05) is 5.16 Å². The van der Waals surface area contributed by atoms with Gasteiger partial charge in [-0.25, -0.2) is 4.98 Å². The fourth-order valence-electron chi connectivity index (χ4n) is 7.75. The maximum absolute atomic E-state index is 10.1. The monoisotopic (exact) mass is 596 g/mol. The quantitative estimate of drug-likeness (QED) is 0.299. The molecular formula is C32H36N8O2S. The van der Waals surface area contributed by atoms with Crippen molar-refractivity contribution in [3.8, 4) is 34.9 Å². The molecule has 8 rings (SSSR count). The summed E-state index contributed by atoms with van der Waals surface area (Å²) in [6.45, 7) is 3.20. The summed E-state index contributed by atoms with van der Waals surface area (Å²) < 4.78 is 14.8. The Kier molecular flexibility index (Phi) is 6.35. The maximum atomic E-state index is 10.1. The summed E-state index contributed by atoms with van der Waals surface area (Å²) >= 11 is 1.55. The van der Waals surface area contributed by atoms with Crippen molar-refractivity contribution in [2.75, 3.05) is 19.3 Å². The molecule has 1 spiro atoms. The molecule has 4 aliphatic rings. The number of hydrogen-bond donors (Lipinski definition) is 1. The number of nitriles is 1. The Morgan fingerprint density at radius 1 is 1.16 bits per heavy atom. The van der Waals surface area contributed by atoms with Crippen LogP contribution in [0.5, 0.6) is 5.88 Å². The van der Waals surface area contributed by atoms with Gasteiger partial charge in [-0.2, -0.15) is 15.3 Å². The third-order valence-electron chi connectivity index (χ3n) is 9.99. The van der Waals surface area contributed by atoms with Gasteiger partial charge < -0.3 is 15.0 Å². The van der Waals surface area contributed by atoms with E-state index < -0.39 is 5.41 Å². The Morgan fingerprint density at radius 3 is 2.77 bits per heavy atom. The van der Waals surface area contributed by atoms with Crippen LogP contribution in [-0.2, 0) is 18.3 Å². The third kappa shape index (κ3) is 4.37. The lowest BCUT2D eigenvalue weighted by Crippen LogP contribution is -2.38. The van der Waals surface area contributed by atoms with Crippen LogP contribution in [-0.4, -0.2) is 55.5 Å². The van der Waals surface area contributed by atoms with Gasteiger partial charge in [0, 0.05) is 28.7 Å². The number of aromatic nitrogens is 5. The second-order valence-electron chi connectivity index (χ2n) is 12.7. The van der Waals surface area contributed by atoms with E-state index in [9.17, 15) is 5.26 Å². The zero-order chi connectivity index (χ0) is 29.3. The van der Waals surface area contributed by atoms with Gasteiger partial charge in [-0.05, 0) is 96.4 Å². The number of hydrogen-bond acceptors (Lipinski definition) is 10. The predicted octanol–water partition coefficient (Wildman–Crippen LogP) is 5.67. The molecule has 0 radical (unpaired) electrons. The van der Waals surface area contributed by atoms with E-state index in [1.807, 2.05) is 23.0 Å². The summed E-state index contributed by atoms with van der Waals surface area (Å²) in [5.41, 5.74) is 10.8. The van der Waals surface area contributed by atoms with Crippen LogP contribution in [0.3, 0.4) is 0 Å². The average molecular weight is 597 g/mol. The Bertz CT molecular complexity index is 1740. The molecule has 3 atom stereocenters. The van der Waals surface area contributed by atoms with Gasteiger partial charge in [0.1, 0.15) is 22.9 Å². The van der Waals surface area contributed by atoms with Crippen molar-refractivity contribution in [1.29, 1.82) is 5.26 Å². The minimum atomic E-state index is -0.396. The first-order valence-electron chi connectivity index (χ1n) is 15.6. The first kappa shape index (κ1) is 26.8. The van der Waals surface area contributed by atoms with E-state index in [-0.39, 0.29) is 6.10 Å². The summed E-state index contributed by atoms with van der Waals surface area (Å²) in [7, 11) is 2.16. The lowest BCUT2D eigenvalue weighted by molar-refractivity contribution is 0.117. The van der Waals surface area contributed by atoms with Crippen molar-refractivity contribution in [2.45, 2.75) is 94.7 Å². The van der Waals surface area contributed by atoms with E-state index in [1.54, 1.807) is 11.3 Å². The Hall–Kier alpha value is -3.75. The molecule has 1 aliphatic heterocycles. The number of nitrogens with two attached hydrogens (primary N) is 1. The molecule has 10 nitrogen and oxygen atoms in total. The maximum Gasteiger partial charge on any atom is 0.217 e. The van der Waals surface area contributed by atoms with Gasteiger partial charge in [0.05, 0.1) is 22.7 Å². The zero-order valence-corrected chi connectivity index (χ0v) is 25.5. The molecule has 0 amide bonds. The number of likely N-dealkylation sites (N-methyl/N-ethyl adjacent to an activating group) is 1. The Balaban J connectivity index is 1.23. The largest absolute Gasteiger partial charge is 0.473 e. The zero-order valence-electron chi connectivity index (χ0n) is 24.7. The standard InChI is InChI=1S/C32H36N8O2S/c1-18(24-7-5-14-39(24)2)41-26-16-23(22-11-15-40(37-22)19-9-10-19)35-31(36-26)28-20-6-3-12-32(29(20)42-38-28)13-4-8-25-27(32)21(17-33)30(34)43-25/h11,15-16,18-19,24H,3-10,12-14,34H2,1-2H3/t18-,24-,32-/m0/s1. The molecule has 4 aromatic rings. The van der Waals surface area contributed by atoms with Crippen LogP contribution in [0.25, 0.3) is 22.9 Å². The minimum absolute atomic E-state index is 0.0317. The van der Waals surface area contributed by atoms with Crippen molar-refractivity contribution in [2.24, 2.45) is 0 Å². The van der Waals surface area contributed by atoms with Crippen LogP contribution in [0.2, 0.25) is 0 Å². The fraction of sp³-hybridized carbons (Fsp3) is 0.531. The number of aryl methyl sites for hydroxylation is 1. The first-order valence-corrected chi connectivity index (χ1v) is 16.4. The highest BCUT2D eigenvalue weighted by atomic mass is 32.1. The molecule has 3 aliphatic carbocycles. The molecule has 4 aromatic heterocycles. The number of rotatable bonds is 6. The van der Waals surface area contributed by atoms with Crippen LogP contribution in [0, 0.1) is 11.3 Å². The topological polar surface area (TPSA) is 132 Å². The van der Waals surface area contributed by atoms with Crippen LogP contribution < -0.4 is 10.5 Å². The highest BCUT2D eigenvalue weighted by Gasteiger charge is 2.49. The number of nitrogen functional groups attached to an aromatic ring is 1. The highest BCUT2D eigenvalue weighted by molar-refractivity contribution is 7.16. The van der Waals surface area contributed by atoms with Crippen LogP contribution >= 0.6 is 11.3 Å². The summed E-state index contributed by atoms with van der Waals surface area (Å²) in [6.07, 6.45) is 12.2. The van der Waals surface area contributed by atoms with Gasteiger partial charge in [0.15, 0.2) is 17.3 Å². The number of nitrogens with zero attached hydrogens (tertiary/aromatic N) is 7. The smallest absolute Gasteiger partial charge is 0.217 e. The summed E-state index contributed by atoms with van der Waals surface area (Å²) in [5, 5.41) is 20.2. The molecule has 0 unspecified atom stereocenters. The molecule has 1 saturated carbocycles. The first-order chi connectivity index (χ1) is 20.9. The molecule has 2 fully saturated rings. The fourth-order valence-corrected chi connectivity index (χ4v) is 8.92. The van der Waals surface area contributed by atoms with Crippen LogP contribution in [0.1, 0.15) is 91.7 Å². The predicted molar refractivity (Wildman–Crippen MR) is 163 cm³/mol. The Morgan fingerprint density at radius 2 is 2.00 bits per heavy atom. The molecule has 0 bridgehead atoms. The summed E-state index contributed by atoms with van der Waals surface area (Å²) in [4.78, 5) is 13.5. The van der Waals surface area contributed by atoms with E-state index in [0.29, 0.717) is 45.7 Å². The molecule has 11 heteroatoms. The van der Waals surface area contributed by atoms with Crippen LogP contribution in [0.4, 0.5) is 5.00 Å². The van der Waals surface area contributed by atoms with E-state index in [1.165, 1.54) is 11.3 Å². The highest BCUT2D eigenvalue weighted by Crippen LogP contribution is 2.55. The molecule has 1 saturated heterocycles. The van der Waals surface area contributed by atoms with Crippen molar-refractivity contribution in [3.05, 3.63) is 45.7 Å². The SMILES string of the molecule is C[C@H](Oc1cc(-c2ccn(C3CC3)n2)nc(-c2noc3c2CCC[C@@]32CCCc3sc(N)c(C#N)c32)n1)[C@@H]1CCCN1C. The van der Waals surface area contributed by atoms with Gasteiger partial charge >= 0.3 is 0 Å². The lowest BCUT2D eigenvalue weighted by Gasteiger charge is -2.39. The average Bonchev–Trinajstić information content (AvgIpc) is 3.35.